The zero-order valence-electron chi connectivity index (χ0n) is 14.9. The van der Waals surface area contributed by atoms with Gasteiger partial charge in [-0.1, -0.05) is 29.5 Å². The molecule has 0 radical (unpaired) electrons. The van der Waals surface area contributed by atoms with Crippen molar-refractivity contribution in [1.29, 1.82) is 0 Å². The van der Waals surface area contributed by atoms with Gasteiger partial charge in [0.2, 0.25) is 5.91 Å². The Labute approximate surface area is 165 Å². The second-order valence-corrected chi connectivity index (χ2v) is 8.41. The van der Waals surface area contributed by atoms with Crippen LogP contribution in [0.4, 0.5) is 15.2 Å². The standard InChI is InChI=1S/C20H20FN3OS2/c1-26-16-9-3-2-8-15(16)22-19(25)13-6-5-11-24(12-13)20-23-18-14(21)7-4-10-17(18)27-20/h2-4,7-10,13H,5-6,11-12H2,1H3,(H,22,25). The summed E-state index contributed by atoms with van der Waals surface area (Å²) in [6.45, 7) is 1.45. The smallest absolute Gasteiger partial charge is 0.229 e. The highest BCUT2D eigenvalue weighted by Crippen LogP contribution is 2.33. The number of aromatic nitrogens is 1. The SMILES string of the molecule is CSc1ccccc1NC(=O)C1CCCN(c2nc3c(F)cccc3s2)C1. The number of rotatable bonds is 4. The Morgan fingerprint density at radius 1 is 1.30 bits per heavy atom. The molecule has 7 heteroatoms. The molecule has 3 aromatic rings. The third-order valence-corrected chi connectivity index (χ3v) is 6.66. The predicted octanol–water partition coefficient (Wildman–Crippen LogP) is 5.01. The Kier molecular flexibility index (Phi) is 5.31. The van der Waals surface area contributed by atoms with Gasteiger partial charge in [-0.05, 0) is 43.4 Å². The number of amides is 1. The summed E-state index contributed by atoms with van der Waals surface area (Å²) in [5, 5.41) is 3.86. The van der Waals surface area contributed by atoms with Crippen molar-refractivity contribution in [2.24, 2.45) is 5.92 Å². The summed E-state index contributed by atoms with van der Waals surface area (Å²) in [6.07, 6.45) is 3.77. The van der Waals surface area contributed by atoms with Crippen LogP contribution in [0.1, 0.15) is 12.8 Å². The molecule has 1 aliphatic rings. The molecule has 0 spiro atoms. The minimum Gasteiger partial charge on any atom is -0.347 e. The van der Waals surface area contributed by atoms with Crippen molar-refractivity contribution in [1.82, 2.24) is 4.98 Å². The molecule has 1 atom stereocenters. The van der Waals surface area contributed by atoms with Gasteiger partial charge >= 0.3 is 0 Å². The molecule has 4 nitrogen and oxygen atoms in total. The van der Waals surface area contributed by atoms with Crippen LogP contribution in [0.15, 0.2) is 47.4 Å². The van der Waals surface area contributed by atoms with E-state index in [1.165, 1.54) is 17.4 Å². The first-order chi connectivity index (χ1) is 13.2. The highest BCUT2D eigenvalue weighted by molar-refractivity contribution is 7.98. The monoisotopic (exact) mass is 401 g/mol. The largest absolute Gasteiger partial charge is 0.347 e. The maximum atomic E-state index is 13.9. The number of benzene rings is 2. The minimum atomic E-state index is -0.296. The number of fused-ring (bicyclic) bond motifs is 1. The number of carbonyl (C=O) groups is 1. The fraction of sp³-hybridized carbons (Fsp3) is 0.300. The molecule has 1 aromatic heterocycles. The van der Waals surface area contributed by atoms with E-state index in [9.17, 15) is 9.18 Å². The summed E-state index contributed by atoms with van der Waals surface area (Å²) in [5.74, 6) is -0.367. The summed E-state index contributed by atoms with van der Waals surface area (Å²) in [5.41, 5.74) is 1.27. The van der Waals surface area contributed by atoms with E-state index < -0.39 is 0 Å². The molecule has 2 aromatic carbocycles. The van der Waals surface area contributed by atoms with Gasteiger partial charge in [-0.25, -0.2) is 9.37 Å². The number of hydrogen-bond acceptors (Lipinski definition) is 5. The Balaban J connectivity index is 1.50. The first kappa shape index (κ1) is 18.3. The number of carbonyl (C=O) groups excluding carboxylic acids is 1. The molecule has 1 unspecified atom stereocenters. The van der Waals surface area contributed by atoms with E-state index in [1.807, 2.05) is 36.6 Å². The van der Waals surface area contributed by atoms with Gasteiger partial charge in [0.1, 0.15) is 11.3 Å². The van der Waals surface area contributed by atoms with Crippen molar-refractivity contribution >= 4 is 50.0 Å². The van der Waals surface area contributed by atoms with Gasteiger partial charge in [0.25, 0.3) is 0 Å². The average molecular weight is 402 g/mol. The lowest BCUT2D eigenvalue weighted by atomic mass is 9.97. The van der Waals surface area contributed by atoms with Crippen molar-refractivity contribution in [3.63, 3.8) is 0 Å². The lowest BCUT2D eigenvalue weighted by Crippen LogP contribution is -2.40. The maximum absolute atomic E-state index is 13.9. The maximum Gasteiger partial charge on any atom is 0.229 e. The highest BCUT2D eigenvalue weighted by Gasteiger charge is 2.28. The first-order valence-corrected chi connectivity index (χ1v) is 10.9. The highest BCUT2D eigenvalue weighted by atomic mass is 32.2. The van der Waals surface area contributed by atoms with Gasteiger partial charge < -0.3 is 10.2 Å². The summed E-state index contributed by atoms with van der Waals surface area (Å²) >= 11 is 3.10. The minimum absolute atomic E-state index is 0.0356. The Morgan fingerprint density at radius 3 is 2.96 bits per heavy atom. The van der Waals surface area contributed by atoms with Crippen LogP contribution >= 0.6 is 23.1 Å². The molecule has 1 amide bonds. The van der Waals surface area contributed by atoms with Crippen LogP contribution in [-0.4, -0.2) is 30.2 Å². The molecule has 4 rings (SSSR count). The lowest BCUT2D eigenvalue weighted by Gasteiger charge is -2.31. The van der Waals surface area contributed by atoms with E-state index in [1.54, 1.807) is 17.8 Å². The molecular weight excluding hydrogens is 381 g/mol. The van der Waals surface area contributed by atoms with Gasteiger partial charge in [-0.15, -0.1) is 11.8 Å². The lowest BCUT2D eigenvalue weighted by molar-refractivity contribution is -0.120. The molecule has 1 saturated heterocycles. The summed E-state index contributed by atoms with van der Waals surface area (Å²) in [6, 6.07) is 12.8. The number of halogens is 1. The second kappa shape index (κ2) is 7.86. The summed E-state index contributed by atoms with van der Waals surface area (Å²) < 4.78 is 14.8. The molecule has 2 heterocycles. The Morgan fingerprint density at radius 2 is 2.15 bits per heavy atom. The predicted molar refractivity (Wildman–Crippen MR) is 111 cm³/mol. The van der Waals surface area contributed by atoms with Crippen LogP contribution in [0.2, 0.25) is 0 Å². The number of para-hydroxylation sites is 2. The van der Waals surface area contributed by atoms with Crippen molar-refractivity contribution in [2.75, 3.05) is 29.6 Å². The molecule has 0 bridgehead atoms. The topological polar surface area (TPSA) is 45.2 Å². The molecule has 1 fully saturated rings. The number of anilines is 2. The molecular formula is C20H20FN3OS2. The van der Waals surface area contributed by atoms with Crippen molar-refractivity contribution in [3.8, 4) is 0 Å². The van der Waals surface area contributed by atoms with Gasteiger partial charge in [0.15, 0.2) is 5.13 Å². The number of piperidine rings is 1. The molecule has 140 valence electrons. The zero-order chi connectivity index (χ0) is 18.8. The molecule has 0 saturated carbocycles. The summed E-state index contributed by atoms with van der Waals surface area (Å²) in [4.78, 5) is 20.5. The van der Waals surface area contributed by atoms with E-state index in [2.05, 4.69) is 15.2 Å². The van der Waals surface area contributed by atoms with Crippen molar-refractivity contribution in [3.05, 3.63) is 48.3 Å². The molecule has 0 aliphatic carbocycles. The van der Waals surface area contributed by atoms with E-state index >= 15 is 0 Å². The van der Waals surface area contributed by atoms with Crippen LogP contribution in [0, 0.1) is 11.7 Å². The van der Waals surface area contributed by atoms with Crippen LogP contribution in [-0.2, 0) is 4.79 Å². The quantitative estimate of drug-likeness (QED) is 0.624. The molecule has 27 heavy (non-hydrogen) atoms. The fourth-order valence-corrected chi connectivity index (χ4v) is 4.95. The zero-order valence-corrected chi connectivity index (χ0v) is 16.6. The second-order valence-electron chi connectivity index (χ2n) is 6.56. The fourth-order valence-electron chi connectivity index (χ4n) is 3.39. The van der Waals surface area contributed by atoms with Crippen LogP contribution < -0.4 is 10.2 Å². The number of nitrogens with one attached hydrogen (secondary N) is 1. The number of thiazole rings is 1. The molecule has 1 N–H and O–H groups in total. The van der Waals surface area contributed by atoms with E-state index in [4.69, 9.17) is 0 Å². The number of thioether (sulfide) groups is 1. The third kappa shape index (κ3) is 3.80. The summed E-state index contributed by atoms with van der Waals surface area (Å²) in [7, 11) is 0. The van der Waals surface area contributed by atoms with Crippen molar-refractivity contribution < 1.29 is 9.18 Å². The van der Waals surface area contributed by atoms with Crippen molar-refractivity contribution in [2.45, 2.75) is 17.7 Å². The van der Waals surface area contributed by atoms with E-state index in [-0.39, 0.29) is 17.6 Å². The Hall–Kier alpha value is -2.12. The van der Waals surface area contributed by atoms with E-state index in [0.29, 0.717) is 12.1 Å². The average Bonchev–Trinajstić information content (AvgIpc) is 3.14. The van der Waals surface area contributed by atoms with Gasteiger partial charge in [0.05, 0.1) is 16.3 Å². The molecule has 1 aliphatic heterocycles. The normalized spacial score (nSPS) is 17.3. The van der Waals surface area contributed by atoms with Crippen LogP contribution in [0.5, 0.6) is 0 Å². The Bertz CT molecular complexity index is 975. The van der Waals surface area contributed by atoms with Crippen LogP contribution in [0.25, 0.3) is 10.2 Å². The third-order valence-electron chi connectivity index (χ3n) is 4.79. The van der Waals surface area contributed by atoms with E-state index in [0.717, 1.165) is 39.8 Å². The van der Waals surface area contributed by atoms with Gasteiger partial charge in [0, 0.05) is 18.0 Å². The first-order valence-electron chi connectivity index (χ1n) is 8.89. The van der Waals surface area contributed by atoms with Gasteiger partial charge in [-0.2, -0.15) is 0 Å². The number of hydrogen-bond donors (Lipinski definition) is 1. The van der Waals surface area contributed by atoms with Gasteiger partial charge in [-0.3, -0.25) is 4.79 Å². The number of nitrogens with zero attached hydrogens (tertiary/aromatic N) is 2. The van der Waals surface area contributed by atoms with Crippen LogP contribution in [0.3, 0.4) is 0 Å².